The van der Waals surface area contributed by atoms with Crippen molar-refractivity contribution in [1.29, 1.82) is 0 Å². The van der Waals surface area contributed by atoms with Crippen molar-refractivity contribution in [3.8, 4) is 0 Å². The molecule has 0 aliphatic heterocycles. The fourth-order valence-electron chi connectivity index (χ4n) is 8.05. The number of ether oxygens (including phenoxy) is 3. The average Bonchev–Trinajstić information content (AvgIpc) is 3.38. The highest BCUT2D eigenvalue weighted by Gasteiger charge is 2.17. The van der Waals surface area contributed by atoms with E-state index in [4.69, 9.17) is 14.2 Å². The second kappa shape index (κ2) is 61.6. The summed E-state index contributed by atoms with van der Waals surface area (Å²) in [6.45, 7) is 7.54. The highest BCUT2D eigenvalue weighted by molar-refractivity contribution is 5.70. The number of rotatable bonds is 54. The first-order valence-corrected chi connectivity index (χ1v) is 30.1. The van der Waals surface area contributed by atoms with Gasteiger partial charge in [-0.3, -0.25) is 9.59 Å². The summed E-state index contributed by atoms with van der Waals surface area (Å²) in [6, 6.07) is 0. The first kappa shape index (κ1) is 68.3. The zero-order valence-electron chi connectivity index (χ0n) is 47.2. The molecule has 0 rings (SSSR count). The summed E-state index contributed by atoms with van der Waals surface area (Å²) in [5.41, 5.74) is 0. The molecular weight excluding hydrogens is 885 g/mol. The molecule has 0 saturated heterocycles. The summed E-state index contributed by atoms with van der Waals surface area (Å²) in [6.07, 6.45) is 86.5. The van der Waals surface area contributed by atoms with Gasteiger partial charge in [0.25, 0.3) is 0 Å². The van der Waals surface area contributed by atoms with Gasteiger partial charge in [0, 0.05) is 19.4 Å². The Morgan fingerprint density at radius 2 is 0.625 bits per heavy atom. The van der Waals surface area contributed by atoms with E-state index >= 15 is 0 Å². The van der Waals surface area contributed by atoms with E-state index in [0.29, 0.717) is 19.4 Å². The van der Waals surface area contributed by atoms with E-state index in [9.17, 15) is 9.59 Å². The SMILES string of the molecule is CC/C=C\C/C=C\C/C=C\C/C=C\C/C=C\CCCCCC(=O)OCC(COCCCCCCCCC/C=C\C/C=C\C/C=C\C/C=C\CC)OC(=O)CCCCCCCCC/C=C\CCCCCCCC. The van der Waals surface area contributed by atoms with Crippen molar-refractivity contribution in [2.45, 2.75) is 271 Å². The fourth-order valence-corrected chi connectivity index (χ4v) is 8.05. The van der Waals surface area contributed by atoms with Crippen molar-refractivity contribution in [3.63, 3.8) is 0 Å². The smallest absolute Gasteiger partial charge is 0.306 e. The van der Waals surface area contributed by atoms with Gasteiger partial charge in [-0.15, -0.1) is 0 Å². The van der Waals surface area contributed by atoms with Crippen LogP contribution >= 0.6 is 0 Å². The second-order valence-corrected chi connectivity index (χ2v) is 19.5. The molecule has 0 N–H and O–H groups in total. The van der Waals surface area contributed by atoms with Crippen LogP contribution in [0.25, 0.3) is 0 Å². The molecule has 0 aliphatic rings. The van der Waals surface area contributed by atoms with Gasteiger partial charge < -0.3 is 14.2 Å². The molecule has 0 aliphatic carbocycles. The monoisotopic (exact) mass is 997 g/mol. The number of esters is 2. The third-order valence-corrected chi connectivity index (χ3v) is 12.5. The number of allylic oxidation sites excluding steroid dienone is 20. The van der Waals surface area contributed by atoms with Gasteiger partial charge in [-0.2, -0.15) is 0 Å². The van der Waals surface area contributed by atoms with E-state index in [-0.39, 0.29) is 25.2 Å². The van der Waals surface area contributed by atoms with Crippen molar-refractivity contribution in [3.05, 3.63) is 122 Å². The Morgan fingerprint density at radius 1 is 0.319 bits per heavy atom. The molecule has 72 heavy (non-hydrogen) atoms. The molecule has 0 aromatic rings. The van der Waals surface area contributed by atoms with E-state index in [2.05, 4.69) is 142 Å². The maximum atomic E-state index is 12.9. The van der Waals surface area contributed by atoms with Crippen molar-refractivity contribution in [2.75, 3.05) is 19.8 Å². The molecule has 410 valence electrons. The van der Waals surface area contributed by atoms with Crippen LogP contribution < -0.4 is 0 Å². The molecule has 0 fully saturated rings. The van der Waals surface area contributed by atoms with Crippen molar-refractivity contribution in [2.24, 2.45) is 0 Å². The van der Waals surface area contributed by atoms with Crippen LogP contribution in [0.3, 0.4) is 0 Å². The van der Waals surface area contributed by atoms with Crippen LogP contribution in [0.15, 0.2) is 122 Å². The molecule has 5 heteroatoms. The van der Waals surface area contributed by atoms with Crippen molar-refractivity contribution < 1.29 is 23.8 Å². The third-order valence-electron chi connectivity index (χ3n) is 12.5. The summed E-state index contributed by atoms with van der Waals surface area (Å²) >= 11 is 0. The number of hydrogen-bond donors (Lipinski definition) is 0. The topological polar surface area (TPSA) is 61.8 Å². The number of unbranched alkanes of at least 4 members (excludes halogenated alkanes) is 23. The first-order valence-electron chi connectivity index (χ1n) is 30.1. The van der Waals surface area contributed by atoms with Gasteiger partial charge in [0.05, 0.1) is 6.61 Å². The molecule has 0 radical (unpaired) electrons. The minimum absolute atomic E-state index is 0.0553. The molecule has 1 atom stereocenters. The largest absolute Gasteiger partial charge is 0.462 e. The molecule has 0 bridgehead atoms. The van der Waals surface area contributed by atoms with Crippen molar-refractivity contribution >= 4 is 11.9 Å². The summed E-state index contributed by atoms with van der Waals surface area (Å²) in [4.78, 5) is 25.6. The molecule has 0 saturated carbocycles. The molecule has 0 heterocycles. The van der Waals surface area contributed by atoms with Crippen LogP contribution in [0.1, 0.15) is 265 Å². The minimum atomic E-state index is -0.568. The van der Waals surface area contributed by atoms with E-state index in [0.717, 1.165) is 122 Å². The lowest BCUT2D eigenvalue weighted by Crippen LogP contribution is -2.30. The first-order chi connectivity index (χ1) is 35.6. The lowest BCUT2D eigenvalue weighted by atomic mass is 10.1. The molecule has 0 spiro atoms. The van der Waals surface area contributed by atoms with Crippen LogP contribution in [0, 0.1) is 0 Å². The van der Waals surface area contributed by atoms with Gasteiger partial charge in [-0.1, -0.05) is 245 Å². The van der Waals surface area contributed by atoms with Crippen molar-refractivity contribution in [1.82, 2.24) is 0 Å². The predicted molar refractivity (Wildman–Crippen MR) is 316 cm³/mol. The Bertz CT molecular complexity index is 1450. The Kier molecular flexibility index (Phi) is 58.4. The maximum Gasteiger partial charge on any atom is 0.306 e. The normalized spacial score (nSPS) is 13.1. The van der Waals surface area contributed by atoms with E-state index in [1.807, 2.05) is 0 Å². The molecule has 0 aromatic heterocycles. The summed E-state index contributed by atoms with van der Waals surface area (Å²) in [5.74, 6) is -0.446. The molecule has 0 aromatic carbocycles. The zero-order chi connectivity index (χ0) is 52.0. The standard InChI is InChI=1S/C67H112O5/c1-4-7-10-13-16-19-22-25-28-31-33-35-38-41-44-47-50-53-56-59-62-70-63-65(72-67(69)61-58-55-52-49-46-43-40-36-30-27-24-21-18-15-12-9-6-3)64-71-66(68)60-57-54-51-48-45-42-39-37-34-32-29-26-23-20-17-14-11-8-5-2/h7-8,10-11,16-17,19-20,25-30,33-35,37,42,45,65H,4-6,9,12-15,18,21-24,31-32,36,38-41,43-44,46-64H2,1-3H3/b10-7-,11-8-,19-16-,20-17-,28-25-,29-26-,30-27-,35-33-,37-34-,45-42-. The maximum absolute atomic E-state index is 12.9. The quantitative estimate of drug-likeness (QED) is 0.0345. The summed E-state index contributed by atoms with van der Waals surface area (Å²) < 4.78 is 17.5. The minimum Gasteiger partial charge on any atom is -0.462 e. The van der Waals surface area contributed by atoms with Gasteiger partial charge in [0.1, 0.15) is 6.61 Å². The third kappa shape index (κ3) is 58.9. The van der Waals surface area contributed by atoms with E-state index in [1.165, 1.54) is 109 Å². The van der Waals surface area contributed by atoms with Crippen LogP contribution in [0.4, 0.5) is 0 Å². The Morgan fingerprint density at radius 3 is 1.03 bits per heavy atom. The lowest BCUT2D eigenvalue weighted by Gasteiger charge is -2.18. The van der Waals surface area contributed by atoms with Gasteiger partial charge in [0.15, 0.2) is 6.10 Å². The molecule has 1 unspecified atom stereocenters. The van der Waals surface area contributed by atoms with Crippen LogP contribution in [0.2, 0.25) is 0 Å². The summed E-state index contributed by atoms with van der Waals surface area (Å²) in [7, 11) is 0. The lowest BCUT2D eigenvalue weighted by molar-refractivity contribution is -0.163. The number of carbonyl (C=O) groups excluding carboxylic acids is 2. The van der Waals surface area contributed by atoms with Crippen LogP contribution in [0.5, 0.6) is 0 Å². The zero-order valence-corrected chi connectivity index (χ0v) is 47.2. The molecular formula is C67H112O5. The van der Waals surface area contributed by atoms with Gasteiger partial charge in [-0.25, -0.2) is 0 Å². The Hall–Kier alpha value is -3.70. The molecule has 0 amide bonds. The Balaban J connectivity index is 4.39. The van der Waals surface area contributed by atoms with Crippen LogP contribution in [-0.4, -0.2) is 37.9 Å². The van der Waals surface area contributed by atoms with Gasteiger partial charge in [0.2, 0.25) is 0 Å². The number of hydrogen-bond acceptors (Lipinski definition) is 5. The van der Waals surface area contributed by atoms with Gasteiger partial charge >= 0.3 is 11.9 Å². The number of carbonyl (C=O) groups is 2. The van der Waals surface area contributed by atoms with Crippen LogP contribution in [-0.2, 0) is 23.8 Å². The Labute approximate surface area is 446 Å². The van der Waals surface area contributed by atoms with E-state index in [1.54, 1.807) is 0 Å². The average molecular weight is 998 g/mol. The molecule has 5 nitrogen and oxygen atoms in total. The fraction of sp³-hybridized carbons (Fsp3) is 0.672. The highest BCUT2D eigenvalue weighted by atomic mass is 16.6. The van der Waals surface area contributed by atoms with E-state index < -0.39 is 6.10 Å². The summed E-state index contributed by atoms with van der Waals surface area (Å²) in [5, 5.41) is 0. The van der Waals surface area contributed by atoms with Gasteiger partial charge in [-0.05, 0) is 128 Å². The predicted octanol–water partition coefficient (Wildman–Crippen LogP) is 20.9. The second-order valence-electron chi connectivity index (χ2n) is 19.5. The highest BCUT2D eigenvalue weighted by Crippen LogP contribution is 2.14.